The van der Waals surface area contributed by atoms with Gasteiger partial charge in [-0.25, -0.2) is 0 Å². The summed E-state index contributed by atoms with van der Waals surface area (Å²) in [7, 11) is 0. The van der Waals surface area contributed by atoms with Crippen LogP contribution in [0.2, 0.25) is 0 Å². The average molecular weight is 273 g/mol. The van der Waals surface area contributed by atoms with Crippen LogP contribution in [-0.2, 0) is 6.42 Å². The molecule has 1 fully saturated rings. The number of benzene rings is 1. The normalized spacial score (nSPS) is 33.7. The second-order valence-electron chi connectivity index (χ2n) is 6.93. The Labute approximate surface area is 122 Å². The van der Waals surface area contributed by atoms with Gasteiger partial charge in [0, 0.05) is 12.6 Å². The van der Waals surface area contributed by atoms with Crippen LogP contribution in [0.3, 0.4) is 0 Å². The number of hydrogen-bond donors (Lipinski definition) is 2. The van der Waals surface area contributed by atoms with Gasteiger partial charge in [-0.1, -0.05) is 31.2 Å². The van der Waals surface area contributed by atoms with E-state index in [2.05, 4.69) is 36.5 Å². The van der Waals surface area contributed by atoms with E-state index in [1.54, 1.807) is 0 Å². The van der Waals surface area contributed by atoms with Crippen LogP contribution < -0.4 is 5.32 Å². The van der Waals surface area contributed by atoms with Crippen LogP contribution in [0.4, 0.5) is 0 Å². The molecule has 2 N–H and O–H groups in total. The van der Waals surface area contributed by atoms with Crippen molar-refractivity contribution in [1.29, 1.82) is 0 Å². The molecule has 3 rings (SSSR count). The van der Waals surface area contributed by atoms with Crippen LogP contribution in [-0.4, -0.2) is 17.3 Å². The molecule has 0 aromatic heterocycles. The highest BCUT2D eigenvalue weighted by Crippen LogP contribution is 2.33. The lowest BCUT2D eigenvalue weighted by atomic mass is 9.79. The van der Waals surface area contributed by atoms with Crippen LogP contribution in [0, 0.1) is 5.92 Å². The van der Waals surface area contributed by atoms with Crippen LogP contribution in [0.15, 0.2) is 24.3 Å². The molecule has 2 nitrogen and oxygen atoms in total. The number of nitrogens with one attached hydrogen (secondary N) is 1. The quantitative estimate of drug-likeness (QED) is 0.882. The fraction of sp³-hybridized carbons (Fsp3) is 0.667. The molecule has 20 heavy (non-hydrogen) atoms. The first-order valence-corrected chi connectivity index (χ1v) is 8.20. The van der Waals surface area contributed by atoms with Crippen molar-refractivity contribution in [3.63, 3.8) is 0 Å². The molecule has 1 aromatic carbocycles. The van der Waals surface area contributed by atoms with Gasteiger partial charge < -0.3 is 10.4 Å². The Morgan fingerprint density at radius 2 is 1.95 bits per heavy atom. The van der Waals surface area contributed by atoms with Crippen molar-refractivity contribution in [2.24, 2.45) is 5.92 Å². The maximum absolute atomic E-state index is 10.7. The molecule has 1 saturated carbocycles. The number of aryl methyl sites for hydroxylation is 1. The third kappa shape index (κ3) is 3.07. The molecule has 1 aromatic rings. The minimum Gasteiger partial charge on any atom is -0.389 e. The van der Waals surface area contributed by atoms with Crippen molar-refractivity contribution in [3.05, 3.63) is 35.4 Å². The molecular weight excluding hydrogens is 246 g/mol. The minimum absolute atomic E-state index is 0.434. The average Bonchev–Trinajstić information content (AvgIpc) is 2.49. The molecule has 0 aliphatic heterocycles. The van der Waals surface area contributed by atoms with Gasteiger partial charge in [0.1, 0.15) is 0 Å². The topological polar surface area (TPSA) is 32.3 Å². The molecule has 1 unspecified atom stereocenters. The fourth-order valence-corrected chi connectivity index (χ4v) is 3.76. The summed E-state index contributed by atoms with van der Waals surface area (Å²) in [5, 5.41) is 14.4. The van der Waals surface area contributed by atoms with Gasteiger partial charge in [-0.2, -0.15) is 0 Å². The molecule has 2 aliphatic rings. The summed E-state index contributed by atoms with van der Waals surface area (Å²) in [6, 6.07) is 9.20. The number of rotatable bonds is 3. The second kappa shape index (κ2) is 5.87. The predicted octanol–water partition coefficient (Wildman–Crippen LogP) is 3.59. The largest absolute Gasteiger partial charge is 0.389 e. The standard InChI is InChI=1S/C18H27NO/c1-14-9-11-18(20,12-10-14)13-19-17-8-4-6-15-5-2-3-7-16(15)17/h2-3,5,7,14,17,19-20H,4,6,8-13H2,1H3. The zero-order valence-corrected chi connectivity index (χ0v) is 12.6. The number of hydrogen-bond acceptors (Lipinski definition) is 2. The zero-order valence-electron chi connectivity index (χ0n) is 12.6. The molecule has 2 aliphatic carbocycles. The third-order valence-corrected chi connectivity index (χ3v) is 5.25. The molecule has 1 atom stereocenters. The summed E-state index contributed by atoms with van der Waals surface area (Å²) in [6.45, 7) is 3.04. The van der Waals surface area contributed by atoms with Gasteiger partial charge in [-0.3, -0.25) is 0 Å². The van der Waals surface area contributed by atoms with Crippen molar-refractivity contribution in [2.45, 2.75) is 63.5 Å². The molecule has 2 heteroatoms. The van der Waals surface area contributed by atoms with E-state index in [0.29, 0.717) is 6.04 Å². The van der Waals surface area contributed by atoms with E-state index >= 15 is 0 Å². The fourth-order valence-electron chi connectivity index (χ4n) is 3.76. The summed E-state index contributed by atoms with van der Waals surface area (Å²) >= 11 is 0. The Morgan fingerprint density at radius 1 is 1.20 bits per heavy atom. The second-order valence-corrected chi connectivity index (χ2v) is 6.93. The van der Waals surface area contributed by atoms with E-state index in [1.807, 2.05) is 0 Å². The minimum atomic E-state index is -0.473. The molecule has 110 valence electrons. The maximum Gasteiger partial charge on any atom is 0.0772 e. The number of aliphatic hydroxyl groups is 1. The van der Waals surface area contributed by atoms with Crippen LogP contribution in [0.25, 0.3) is 0 Å². The Bertz CT molecular complexity index is 448. The van der Waals surface area contributed by atoms with E-state index in [0.717, 1.165) is 25.3 Å². The Hall–Kier alpha value is -0.860. The van der Waals surface area contributed by atoms with E-state index < -0.39 is 5.60 Å². The first kappa shape index (κ1) is 14.1. The van der Waals surface area contributed by atoms with Gasteiger partial charge in [-0.15, -0.1) is 0 Å². The SMILES string of the molecule is CC1CCC(O)(CNC2CCCc3ccccc32)CC1. The molecule has 0 amide bonds. The lowest BCUT2D eigenvalue weighted by molar-refractivity contribution is -0.00860. The highest BCUT2D eigenvalue weighted by Gasteiger charge is 2.32. The third-order valence-electron chi connectivity index (χ3n) is 5.25. The van der Waals surface area contributed by atoms with Crippen LogP contribution in [0.5, 0.6) is 0 Å². The monoisotopic (exact) mass is 273 g/mol. The van der Waals surface area contributed by atoms with Gasteiger partial charge in [0.2, 0.25) is 0 Å². The Kier molecular flexibility index (Phi) is 4.13. The van der Waals surface area contributed by atoms with Gasteiger partial charge in [0.25, 0.3) is 0 Å². The van der Waals surface area contributed by atoms with Gasteiger partial charge in [0.15, 0.2) is 0 Å². The summed E-state index contributed by atoms with van der Waals surface area (Å²) < 4.78 is 0. The molecule has 0 radical (unpaired) electrons. The number of fused-ring (bicyclic) bond motifs is 1. The van der Waals surface area contributed by atoms with Crippen molar-refractivity contribution in [3.8, 4) is 0 Å². The Balaban J connectivity index is 1.62. The molecule has 0 spiro atoms. The van der Waals surface area contributed by atoms with E-state index in [-0.39, 0.29) is 0 Å². The lowest BCUT2D eigenvalue weighted by Crippen LogP contribution is -2.44. The maximum atomic E-state index is 10.7. The summed E-state index contributed by atoms with van der Waals surface area (Å²) in [5.41, 5.74) is 2.46. The van der Waals surface area contributed by atoms with E-state index in [9.17, 15) is 5.11 Å². The van der Waals surface area contributed by atoms with E-state index in [1.165, 1.54) is 43.2 Å². The van der Waals surface area contributed by atoms with Crippen molar-refractivity contribution in [2.75, 3.05) is 6.54 Å². The van der Waals surface area contributed by atoms with Crippen LogP contribution in [0.1, 0.15) is 62.6 Å². The van der Waals surface area contributed by atoms with E-state index in [4.69, 9.17) is 0 Å². The van der Waals surface area contributed by atoms with Crippen molar-refractivity contribution < 1.29 is 5.11 Å². The molecule has 0 bridgehead atoms. The molecular formula is C18H27NO. The summed E-state index contributed by atoms with van der Waals surface area (Å²) in [4.78, 5) is 0. The van der Waals surface area contributed by atoms with Crippen molar-refractivity contribution in [1.82, 2.24) is 5.32 Å². The first-order chi connectivity index (χ1) is 9.66. The molecule has 0 heterocycles. The highest BCUT2D eigenvalue weighted by molar-refractivity contribution is 5.32. The van der Waals surface area contributed by atoms with Crippen LogP contribution >= 0.6 is 0 Å². The van der Waals surface area contributed by atoms with Crippen molar-refractivity contribution >= 4 is 0 Å². The molecule has 0 saturated heterocycles. The highest BCUT2D eigenvalue weighted by atomic mass is 16.3. The lowest BCUT2D eigenvalue weighted by Gasteiger charge is -2.37. The summed E-state index contributed by atoms with van der Waals surface area (Å²) in [6.07, 6.45) is 7.90. The Morgan fingerprint density at radius 3 is 2.75 bits per heavy atom. The summed E-state index contributed by atoms with van der Waals surface area (Å²) in [5.74, 6) is 0.783. The first-order valence-electron chi connectivity index (χ1n) is 8.20. The smallest absolute Gasteiger partial charge is 0.0772 e. The van der Waals surface area contributed by atoms with Gasteiger partial charge in [-0.05, 0) is 62.0 Å². The van der Waals surface area contributed by atoms with Gasteiger partial charge >= 0.3 is 0 Å². The van der Waals surface area contributed by atoms with Gasteiger partial charge in [0.05, 0.1) is 5.60 Å². The zero-order chi connectivity index (χ0) is 14.0. The predicted molar refractivity (Wildman–Crippen MR) is 82.7 cm³/mol.